The second-order valence-electron chi connectivity index (χ2n) is 6.31. The number of carbonyl (C=O) groups is 1. The van der Waals surface area contributed by atoms with E-state index in [1.165, 1.54) is 12.8 Å². The lowest BCUT2D eigenvalue weighted by Crippen LogP contribution is -2.45. The highest BCUT2D eigenvalue weighted by atomic mass is 16.1. The summed E-state index contributed by atoms with van der Waals surface area (Å²) in [6, 6.07) is 3.48. The first-order chi connectivity index (χ1) is 8.79. The summed E-state index contributed by atoms with van der Waals surface area (Å²) >= 11 is 0. The molecule has 0 unspecified atom stereocenters. The summed E-state index contributed by atoms with van der Waals surface area (Å²) in [7, 11) is 0. The Morgan fingerprint density at radius 1 is 1.42 bits per heavy atom. The molecule has 3 N–H and O–H groups in total. The molecule has 1 saturated carbocycles. The SMILES string of the molecule is CC(C)c1cc(C(=O)NC(C)(C)C2CC2)cc(N)n1. The Kier molecular flexibility index (Phi) is 3.52. The van der Waals surface area contributed by atoms with Gasteiger partial charge >= 0.3 is 0 Å². The van der Waals surface area contributed by atoms with E-state index in [0.717, 1.165) is 5.69 Å². The number of aromatic nitrogens is 1. The fourth-order valence-corrected chi connectivity index (χ4v) is 2.27. The number of hydrogen-bond acceptors (Lipinski definition) is 3. The smallest absolute Gasteiger partial charge is 0.251 e. The van der Waals surface area contributed by atoms with Gasteiger partial charge in [-0.15, -0.1) is 0 Å². The molecule has 1 fully saturated rings. The van der Waals surface area contributed by atoms with Gasteiger partial charge in [-0.05, 0) is 50.7 Å². The summed E-state index contributed by atoms with van der Waals surface area (Å²) in [5.41, 5.74) is 7.09. The van der Waals surface area contributed by atoms with E-state index in [4.69, 9.17) is 5.73 Å². The monoisotopic (exact) mass is 261 g/mol. The molecule has 19 heavy (non-hydrogen) atoms. The van der Waals surface area contributed by atoms with Gasteiger partial charge in [0.05, 0.1) is 0 Å². The number of nitrogens with one attached hydrogen (secondary N) is 1. The predicted molar refractivity (Wildman–Crippen MR) is 77.0 cm³/mol. The Bertz CT molecular complexity index is 490. The minimum Gasteiger partial charge on any atom is -0.384 e. The Morgan fingerprint density at radius 3 is 2.58 bits per heavy atom. The average molecular weight is 261 g/mol. The molecular formula is C15H23N3O. The quantitative estimate of drug-likeness (QED) is 0.875. The van der Waals surface area contributed by atoms with E-state index in [1.807, 2.05) is 19.9 Å². The van der Waals surface area contributed by atoms with Crippen LogP contribution in [0.2, 0.25) is 0 Å². The van der Waals surface area contributed by atoms with Crippen LogP contribution in [0.3, 0.4) is 0 Å². The molecule has 104 valence electrons. The zero-order chi connectivity index (χ0) is 14.2. The van der Waals surface area contributed by atoms with Crippen molar-refractivity contribution in [3.05, 3.63) is 23.4 Å². The number of amides is 1. The van der Waals surface area contributed by atoms with Gasteiger partial charge in [-0.25, -0.2) is 4.98 Å². The predicted octanol–water partition coefficient (Wildman–Crippen LogP) is 2.71. The minimum atomic E-state index is -0.146. The summed E-state index contributed by atoms with van der Waals surface area (Å²) in [4.78, 5) is 16.6. The van der Waals surface area contributed by atoms with E-state index in [-0.39, 0.29) is 17.4 Å². The molecule has 2 rings (SSSR count). The van der Waals surface area contributed by atoms with Crippen LogP contribution < -0.4 is 11.1 Å². The molecule has 1 amide bonds. The number of carbonyl (C=O) groups excluding carboxylic acids is 1. The number of nitrogens with zero attached hydrogens (tertiary/aromatic N) is 1. The highest BCUT2D eigenvalue weighted by Crippen LogP contribution is 2.39. The van der Waals surface area contributed by atoms with E-state index < -0.39 is 0 Å². The van der Waals surface area contributed by atoms with Gasteiger partial charge in [0, 0.05) is 16.8 Å². The van der Waals surface area contributed by atoms with Gasteiger partial charge in [-0.3, -0.25) is 4.79 Å². The van der Waals surface area contributed by atoms with Crippen LogP contribution >= 0.6 is 0 Å². The highest BCUT2D eigenvalue weighted by molar-refractivity contribution is 5.95. The molecule has 0 aliphatic heterocycles. The van der Waals surface area contributed by atoms with Crippen LogP contribution in [0.4, 0.5) is 5.82 Å². The van der Waals surface area contributed by atoms with Crippen molar-refractivity contribution in [1.29, 1.82) is 0 Å². The van der Waals surface area contributed by atoms with Gasteiger partial charge in [0.2, 0.25) is 0 Å². The first-order valence-corrected chi connectivity index (χ1v) is 6.89. The zero-order valence-corrected chi connectivity index (χ0v) is 12.2. The summed E-state index contributed by atoms with van der Waals surface area (Å²) in [6.07, 6.45) is 2.39. The lowest BCUT2D eigenvalue weighted by molar-refractivity contribution is 0.0903. The fraction of sp³-hybridized carbons (Fsp3) is 0.600. The second kappa shape index (κ2) is 4.83. The first-order valence-electron chi connectivity index (χ1n) is 6.89. The Hall–Kier alpha value is -1.58. The third kappa shape index (κ3) is 3.25. The van der Waals surface area contributed by atoms with Crippen molar-refractivity contribution in [2.75, 3.05) is 5.73 Å². The number of nitrogens with two attached hydrogens (primary N) is 1. The van der Waals surface area contributed by atoms with E-state index in [9.17, 15) is 4.79 Å². The third-order valence-electron chi connectivity index (χ3n) is 3.75. The molecule has 4 heteroatoms. The van der Waals surface area contributed by atoms with Crippen LogP contribution in [0.15, 0.2) is 12.1 Å². The summed E-state index contributed by atoms with van der Waals surface area (Å²) < 4.78 is 0. The molecule has 0 aromatic carbocycles. The molecule has 0 atom stereocenters. The molecule has 0 bridgehead atoms. The molecule has 0 saturated heterocycles. The van der Waals surface area contributed by atoms with Crippen LogP contribution in [-0.2, 0) is 0 Å². The normalized spacial score (nSPS) is 15.6. The largest absolute Gasteiger partial charge is 0.384 e. The number of hydrogen-bond donors (Lipinski definition) is 2. The molecular weight excluding hydrogens is 238 g/mol. The zero-order valence-electron chi connectivity index (χ0n) is 12.2. The van der Waals surface area contributed by atoms with Gasteiger partial charge < -0.3 is 11.1 Å². The number of anilines is 1. The molecule has 1 aromatic heterocycles. The van der Waals surface area contributed by atoms with Gasteiger partial charge in [0.25, 0.3) is 5.91 Å². The van der Waals surface area contributed by atoms with E-state index in [1.54, 1.807) is 6.07 Å². The van der Waals surface area contributed by atoms with Crippen molar-refractivity contribution in [2.45, 2.75) is 52.0 Å². The molecule has 4 nitrogen and oxygen atoms in total. The third-order valence-corrected chi connectivity index (χ3v) is 3.75. The lowest BCUT2D eigenvalue weighted by Gasteiger charge is -2.26. The fourth-order valence-electron chi connectivity index (χ4n) is 2.27. The number of pyridine rings is 1. The highest BCUT2D eigenvalue weighted by Gasteiger charge is 2.38. The Labute approximate surface area is 114 Å². The van der Waals surface area contributed by atoms with Crippen molar-refractivity contribution < 1.29 is 4.79 Å². The Balaban J connectivity index is 2.18. The van der Waals surface area contributed by atoms with E-state index in [2.05, 4.69) is 24.1 Å². The van der Waals surface area contributed by atoms with Crippen molar-refractivity contribution in [2.24, 2.45) is 5.92 Å². The van der Waals surface area contributed by atoms with Crippen LogP contribution in [0.1, 0.15) is 62.5 Å². The van der Waals surface area contributed by atoms with E-state index >= 15 is 0 Å². The molecule has 1 aliphatic carbocycles. The minimum absolute atomic E-state index is 0.0621. The van der Waals surface area contributed by atoms with Crippen molar-refractivity contribution >= 4 is 11.7 Å². The van der Waals surface area contributed by atoms with Crippen molar-refractivity contribution in [1.82, 2.24) is 10.3 Å². The van der Waals surface area contributed by atoms with E-state index in [0.29, 0.717) is 17.3 Å². The summed E-state index contributed by atoms with van der Waals surface area (Å²) in [5.74, 6) is 1.19. The topological polar surface area (TPSA) is 68.0 Å². The molecule has 0 spiro atoms. The average Bonchev–Trinajstić information content (AvgIpc) is 3.11. The second-order valence-corrected chi connectivity index (χ2v) is 6.31. The van der Waals surface area contributed by atoms with Gasteiger partial charge in [-0.2, -0.15) is 0 Å². The Morgan fingerprint density at radius 2 is 2.05 bits per heavy atom. The van der Waals surface area contributed by atoms with Crippen LogP contribution in [0.25, 0.3) is 0 Å². The number of rotatable bonds is 4. The molecule has 1 aliphatic rings. The van der Waals surface area contributed by atoms with Crippen LogP contribution in [0, 0.1) is 5.92 Å². The van der Waals surface area contributed by atoms with Crippen molar-refractivity contribution in [3.63, 3.8) is 0 Å². The maximum Gasteiger partial charge on any atom is 0.251 e. The standard InChI is InChI=1S/C15H23N3O/c1-9(2)12-7-10(8-13(16)17-12)14(19)18-15(3,4)11-5-6-11/h7-9,11H,5-6H2,1-4H3,(H2,16,17)(H,18,19). The van der Waals surface area contributed by atoms with Crippen LogP contribution in [0.5, 0.6) is 0 Å². The maximum absolute atomic E-state index is 12.3. The molecule has 1 aromatic rings. The van der Waals surface area contributed by atoms with Gasteiger partial charge in [-0.1, -0.05) is 13.8 Å². The van der Waals surface area contributed by atoms with Crippen molar-refractivity contribution in [3.8, 4) is 0 Å². The summed E-state index contributed by atoms with van der Waals surface area (Å²) in [6.45, 7) is 8.24. The summed E-state index contributed by atoms with van der Waals surface area (Å²) in [5, 5.41) is 3.11. The van der Waals surface area contributed by atoms with Gasteiger partial charge in [0.15, 0.2) is 0 Å². The maximum atomic E-state index is 12.3. The number of nitrogen functional groups attached to an aromatic ring is 1. The lowest BCUT2D eigenvalue weighted by atomic mass is 9.98. The molecule has 0 radical (unpaired) electrons. The van der Waals surface area contributed by atoms with Crippen LogP contribution in [-0.4, -0.2) is 16.4 Å². The first kappa shape index (κ1) is 13.8. The van der Waals surface area contributed by atoms with Gasteiger partial charge in [0.1, 0.15) is 5.82 Å². The molecule has 1 heterocycles.